The maximum Gasteiger partial charge on any atom is 0.246 e. The van der Waals surface area contributed by atoms with Crippen LogP contribution in [-0.4, -0.2) is 37.6 Å². The van der Waals surface area contributed by atoms with Crippen LogP contribution in [0.2, 0.25) is 0 Å². The van der Waals surface area contributed by atoms with Crippen LogP contribution in [0.5, 0.6) is 0 Å². The van der Waals surface area contributed by atoms with Crippen LogP contribution in [-0.2, 0) is 14.6 Å². The van der Waals surface area contributed by atoms with E-state index in [1.54, 1.807) is 41.3 Å². The minimum atomic E-state index is -3.39. The second kappa shape index (κ2) is 7.01. The lowest BCUT2D eigenvalue weighted by molar-refractivity contribution is -0.124. The van der Waals surface area contributed by atoms with Crippen LogP contribution >= 0.6 is 0 Å². The lowest BCUT2D eigenvalue weighted by Crippen LogP contribution is -2.30. The van der Waals surface area contributed by atoms with Crippen LogP contribution in [0.15, 0.2) is 71.6 Å². The number of nitrogens with zero attached hydrogens (tertiary/aromatic N) is 1. The summed E-state index contributed by atoms with van der Waals surface area (Å²) in [6, 6.07) is 18.0. The molecule has 0 radical (unpaired) electrons. The molecule has 0 bridgehead atoms. The molecule has 0 spiro atoms. The molecule has 1 unspecified atom stereocenters. The molecule has 0 aliphatic carbocycles. The zero-order chi connectivity index (χ0) is 17.0. The molecule has 124 valence electrons. The molecule has 4 nitrogen and oxygen atoms in total. The third-order valence-corrected chi connectivity index (χ3v) is 6.38. The van der Waals surface area contributed by atoms with E-state index in [4.69, 9.17) is 0 Å². The fourth-order valence-corrected chi connectivity index (χ4v) is 4.53. The number of hydrogen-bond donors (Lipinski definition) is 0. The van der Waals surface area contributed by atoms with Crippen LogP contribution in [0.25, 0.3) is 6.08 Å². The topological polar surface area (TPSA) is 54.5 Å². The average molecular weight is 341 g/mol. The summed E-state index contributed by atoms with van der Waals surface area (Å²) in [5, 5.41) is -0.533. The number of amides is 1. The highest BCUT2D eigenvalue weighted by Gasteiger charge is 2.35. The highest BCUT2D eigenvalue weighted by molar-refractivity contribution is 7.92. The fourth-order valence-electron chi connectivity index (χ4n) is 2.82. The van der Waals surface area contributed by atoms with Gasteiger partial charge in [-0.25, -0.2) is 8.42 Å². The molecule has 0 saturated carbocycles. The summed E-state index contributed by atoms with van der Waals surface area (Å²) in [5.74, 6) is -0.149. The lowest BCUT2D eigenvalue weighted by atomic mass is 10.2. The van der Waals surface area contributed by atoms with E-state index in [9.17, 15) is 13.2 Å². The zero-order valence-corrected chi connectivity index (χ0v) is 14.0. The molecule has 1 aliphatic heterocycles. The minimum Gasteiger partial charge on any atom is -0.338 e. The van der Waals surface area contributed by atoms with Crippen molar-refractivity contribution in [1.29, 1.82) is 0 Å². The van der Waals surface area contributed by atoms with Crippen molar-refractivity contribution in [2.24, 2.45) is 0 Å². The molecule has 2 aromatic rings. The van der Waals surface area contributed by atoms with Gasteiger partial charge in [-0.2, -0.15) is 0 Å². The number of hydrogen-bond acceptors (Lipinski definition) is 3. The van der Waals surface area contributed by atoms with Gasteiger partial charge >= 0.3 is 0 Å². The lowest BCUT2D eigenvalue weighted by Gasteiger charge is -2.15. The Balaban J connectivity index is 1.67. The predicted molar refractivity (Wildman–Crippen MR) is 94.1 cm³/mol. The molecule has 1 amide bonds. The Bertz CT molecular complexity index is 829. The first-order valence-corrected chi connectivity index (χ1v) is 9.43. The van der Waals surface area contributed by atoms with Gasteiger partial charge in [0.05, 0.1) is 10.1 Å². The van der Waals surface area contributed by atoms with Gasteiger partial charge in [0.2, 0.25) is 5.91 Å². The van der Waals surface area contributed by atoms with Crippen LogP contribution in [0.3, 0.4) is 0 Å². The van der Waals surface area contributed by atoms with E-state index in [0.717, 1.165) is 5.56 Å². The first-order chi connectivity index (χ1) is 11.6. The van der Waals surface area contributed by atoms with E-state index < -0.39 is 15.1 Å². The number of carbonyl (C=O) groups excluding carboxylic acids is 1. The van der Waals surface area contributed by atoms with Gasteiger partial charge in [-0.15, -0.1) is 0 Å². The monoisotopic (exact) mass is 341 g/mol. The summed E-state index contributed by atoms with van der Waals surface area (Å²) in [6.07, 6.45) is 3.73. The summed E-state index contributed by atoms with van der Waals surface area (Å²) >= 11 is 0. The van der Waals surface area contributed by atoms with Crippen LogP contribution in [0.1, 0.15) is 12.0 Å². The molecule has 0 N–H and O–H groups in total. The van der Waals surface area contributed by atoms with Gasteiger partial charge in [-0.3, -0.25) is 4.79 Å². The zero-order valence-electron chi connectivity index (χ0n) is 13.2. The van der Waals surface area contributed by atoms with Crippen LogP contribution in [0.4, 0.5) is 0 Å². The van der Waals surface area contributed by atoms with E-state index in [-0.39, 0.29) is 12.5 Å². The molecule has 2 aromatic carbocycles. The molecule has 0 aromatic heterocycles. The van der Waals surface area contributed by atoms with E-state index in [0.29, 0.717) is 17.9 Å². The summed E-state index contributed by atoms with van der Waals surface area (Å²) in [5.41, 5.74) is 0.943. The molecule has 24 heavy (non-hydrogen) atoms. The molecule has 3 rings (SSSR count). The first-order valence-electron chi connectivity index (χ1n) is 7.88. The highest BCUT2D eigenvalue weighted by atomic mass is 32.2. The van der Waals surface area contributed by atoms with Crippen molar-refractivity contribution in [3.63, 3.8) is 0 Å². The Kier molecular flexibility index (Phi) is 4.81. The Morgan fingerprint density at radius 3 is 2.29 bits per heavy atom. The van der Waals surface area contributed by atoms with Crippen molar-refractivity contribution in [3.05, 3.63) is 72.3 Å². The quantitative estimate of drug-likeness (QED) is 0.804. The Labute approximate surface area is 142 Å². The Morgan fingerprint density at radius 1 is 1.00 bits per heavy atom. The summed E-state index contributed by atoms with van der Waals surface area (Å²) in [4.78, 5) is 14.2. The number of rotatable bonds is 4. The van der Waals surface area contributed by atoms with Gasteiger partial charge in [0.15, 0.2) is 9.84 Å². The molecule has 1 aliphatic rings. The van der Waals surface area contributed by atoms with E-state index in [2.05, 4.69) is 0 Å². The van der Waals surface area contributed by atoms with E-state index >= 15 is 0 Å². The molecular weight excluding hydrogens is 322 g/mol. The molecule has 1 atom stereocenters. The van der Waals surface area contributed by atoms with Crippen molar-refractivity contribution >= 4 is 21.8 Å². The van der Waals surface area contributed by atoms with Crippen molar-refractivity contribution in [1.82, 2.24) is 4.90 Å². The van der Waals surface area contributed by atoms with Crippen LogP contribution in [0, 0.1) is 0 Å². The fraction of sp³-hybridized carbons (Fsp3) is 0.211. The third-order valence-electron chi connectivity index (χ3n) is 4.19. The number of sulfone groups is 1. The number of likely N-dealkylation sites (tertiary alicyclic amines) is 1. The molecule has 5 heteroatoms. The highest BCUT2D eigenvalue weighted by Crippen LogP contribution is 2.24. The summed E-state index contributed by atoms with van der Waals surface area (Å²) < 4.78 is 25.3. The van der Waals surface area contributed by atoms with Gasteiger partial charge in [0.1, 0.15) is 0 Å². The van der Waals surface area contributed by atoms with Crippen LogP contribution < -0.4 is 0 Å². The molecule has 1 heterocycles. The SMILES string of the molecule is O=C(C=Cc1ccccc1)N1CCC(S(=O)(=O)c2ccccc2)C1. The van der Waals surface area contributed by atoms with Gasteiger partial charge in [0.25, 0.3) is 0 Å². The van der Waals surface area contributed by atoms with Gasteiger partial charge in [-0.05, 0) is 30.2 Å². The van der Waals surface area contributed by atoms with Gasteiger partial charge in [0, 0.05) is 19.2 Å². The van der Waals surface area contributed by atoms with E-state index in [1.807, 2.05) is 30.3 Å². The molecule has 1 fully saturated rings. The second-order valence-electron chi connectivity index (χ2n) is 5.80. The maximum atomic E-state index is 12.6. The normalized spacial score (nSPS) is 18.2. The van der Waals surface area contributed by atoms with Crippen molar-refractivity contribution in [3.8, 4) is 0 Å². The Hall–Kier alpha value is -2.40. The van der Waals surface area contributed by atoms with E-state index in [1.165, 1.54) is 6.08 Å². The van der Waals surface area contributed by atoms with Gasteiger partial charge < -0.3 is 4.90 Å². The smallest absolute Gasteiger partial charge is 0.246 e. The number of carbonyl (C=O) groups is 1. The average Bonchev–Trinajstić information content (AvgIpc) is 3.12. The second-order valence-corrected chi connectivity index (χ2v) is 8.03. The standard InChI is InChI=1S/C19H19NO3S/c21-19(12-11-16-7-3-1-4-8-16)20-14-13-18(15-20)24(22,23)17-9-5-2-6-10-17/h1-12,18H,13-15H2. The first kappa shape index (κ1) is 16.5. The predicted octanol–water partition coefficient (Wildman–Crippen LogP) is 2.77. The molecule has 1 saturated heterocycles. The van der Waals surface area contributed by atoms with Crippen molar-refractivity contribution in [2.75, 3.05) is 13.1 Å². The Morgan fingerprint density at radius 2 is 1.62 bits per heavy atom. The number of benzene rings is 2. The summed E-state index contributed by atoms with van der Waals surface area (Å²) in [6.45, 7) is 0.712. The minimum absolute atomic E-state index is 0.149. The molecular formula is C19H19NO3S. The van der Waals surface area contributed by atoms with Crippen molar-refractivity contribution < 1.29 is 13.2 Å². The third kappa shape index (κ3) is 3.57. The van der Waals surface area contributed by atoms with Gasteiger partial charge in [-0.1, -0.05) is 48.5 Å². The maximum absolute atomic E-state index is 12.6. The van der Waals surface area contributed by atoms with Crippen molar-refractivity contribution in [2.45, 2.75) is 16.6 Å². The summed E-state index contributed by atoms with van der Waals surface area (Å²) in [7, 11) is -3.39. The largest absolute Gasteiger partial charge is 0.338 e.